The van der Waals surface area contributed by atoms with Crippen molar-refractivity contribution >= 4 is 0 Å². The fraction of sp³-hybridized carbons (Fsp3) is 0.700. The molecule has 0 heterocycles. The van der Waals surface area contributed by atoms with Crippen molar-refractivity contribution in [3.05, 3.63) is 70.5 Å². The highest BCUT2D eigenvalue weighted by atomic mass is 19.1. The summed E-state index contributed by atoms with van der Waals surface area (Å²) in [5, 5.41) is 0. The van der Waals surface area contributed by atoms with E-state index >= 15 is 4.39 Å². The average molecular weight is 559 g/mol. The Kier molecular flexibility index (Phi) is 11.8. The SMILES string of the molecule is CCCCCC1CCC(c2ccc(C3CCC(c4ccc(C5CCC(CCCCC)CC5)cc4F)CC3)cc2)CC1. The molecule has 0 unspecified atom stereocenters. The molecule has 3 aliphatic carbocycles. The molecule has 0 aromatic heterocycles. The van der Waals surface area contributed by atoms with Crippen molar-refractivity contribution in [1.29, 1.82) is 0 Å². The summed E-state index contributed by atoms with van der Waals surface area (Å²) in [5.41, 5.74) is 5.33. The molecule has 0 spiro atoms. The maximum atomic E-state index is 15.4. The molecule has 1 heteroatoms. The van der Waals surface area contributed by atoms with Gasteiger partial charge in [-0.15, -0.1) is 0 Å². The fourth-order valence-electron chi connectivity index (χ4n) is 8.84. The van der Waals surface area contributed by atoms with Crippen LogP contribution in [0.1, 0.15) is 188 Å². The summed E-state index contributed by atoms with van der Waals surface area (Å²) in [4.78, 5) is 0. The molecule has 0 bridgehead atoms. The lowest BCUT2D eigenvalue weighted by Crippen LogP contribution is -2.15. The standard InChI is InChI=1S/C40H59F/c1-3-5-7-9-30-11-15-32(16-12-30)33-19-21-34(22-20-33)35-23-25-37(26-24-35)39-28-27-38(29-40(39)41)36-17-13-31(14-18-36)10-8-6-4-2/h19-22,27-32,35-37H,3-18,23-26H2,1-2H3. The first kappa shape index (κ1) is 30.8. The third-order valence-corrected chi connectivity index (χ3v) is 11.7. The molecule has 2 aromatic carbocycles. The Balaban J connectivity index is 1.07. The molecule has 0 N–H and O–H groups in total. The second kappa shape index (κ2) is 15.7. The van der Waals surface area contributed by atoms with Crippen LogP contribution < -0.4 is 0 Å². The van der Waals surface area contributed by atoms with Gasteiger partial charge in [-0.2, -0.15) is 0 Å². The molecule has 3 aliphatic rings. The molecule has 5 rings (SSSR count). The Bertz CT molecular complexity index is 1010. The summed E-state index contributed by atoms with van der Waals surface area (Å²) in [6.45, 7) is 4.60. The molecule has 0 saturated heterocycles. The maximum Gasteiger partial charge on any atom is 0.126 e. The lowest BCUT2D eigenvalue weighted by molar-refractivity contribution is 0.302. The maximum absolute atomic E-state index is 15.4. The Hall–Kier alpha value is -1.63. The Morgan fingerprint density at radius 1 is 0.488 bits per heavy atom. The number of benzene rings is 2. The highest BCUT2D eigenvalue weighted by Gasteiger charge is 2.28. The quantitative estimate of drug-likeness (QED) is 0.227. The van der Waals surface area contributed by atoms with Gasteiger partial charge in [0.1, 0.15) is 5.82 Å². The molecule has 0 atom stereocenters. The van der Waals surface area contributed by atoms with E-state index in [2.05, 4.69) is 50.2 Å². The molecule has 0 nitrogen and oxygen atoms in total. The Morgan fingerprint density at radius 3 is 1.32 bits per heavy atom. The van der Waals surface area contributed by atoms with Crippen LogP contribution >= 0.6 is 0 Å². The van der Waals surface area contributed by atoms with Gasteiger partial charge in [-0.3, -0.25) is 0 Å². The molecule has 0 radical (unpaired) electrons. The largest absolute Gasteiger partial charge is 0.207 e. The van der Waals surface area contributed by atoms with E-state index in [1.54, 1.807) is 5.56 Å². The van der Waals surface area contributed by atoms with Crippen molar-refractivity contribution in [2.45, 2.75) is 166 Å². The van der Waals surface area contributed by atoms with Gasteiger partial charge in [0.15, 0.2) is 0 Å². The number of hydrogen-bond acceptors (Lipinski definition) is 0. The van der Waals surface area contributed by atoms with E-state index in [0.717, 1.165) is 36.2 Å². The molecule has 3 fully saturated rings. The molecule has 3 saturated carbocycles. The van der Waals surface area contributed by atoms with Gasteiger partial charge in [-0.05, 0) is 141 Å². The zero-order valence-electron chi connectivity index (χ0n) is 26.5. The van der Waals surface area contributed by atoms with Gasteiger partial charge in [0.2, 0.25) is 0 Å². The van der Waals surface area contributed by atoms with Crippen LogP contribution in [-0.4, -0.2) is 0 Å². The minimum atomic E-state index is 0.0699. The van der Waals surface area contributed by atoms with Gasteiger partial charge in [-0.1, -0.05) is 102 Å². The van der Waals surface area contributed by atoms with E-state index in [4.69, 9.17) is 0 Å². The van der Waals surface area contributed by atoms with Crippen LogP contribution in [0.2, 0.25) is 0 Å². The Labute approximate surface area is 252 Å². The lowest BCUT2D eigenvalue weighted by Gasteiger charge is -2.31. The van der Waals surface area contributed by atoms with E-state index in [0.29, 0.717) is 17.8 Å². The normalized spacial score (nSPS) is 29.0. The molecule has 226 valence electrons. The van der Waals surface area contributed by atoms with E-state index in [-0.39, 0.29) is 5.82 Å². The fourth-order valence-corrected chi connectivity index (χ4v) is 8.84. The van der Waals surface area contributed by atoms with E-state index < -0.39 is 0 Å². The van der Waals surface area contributed by atoms with Crippen molar-refractivity contribution in [2.24, 2.45) is 11.8 Å². The van der Waals surface area contributed by atoms with E-state index in [9.17, 15) is 0 Å². The van der Waals surface area contributed by atoms with Crippen molar-refractivity contribution in [1.82, 2.24) is 0 Å². The van der Waals surface area contributed by atoms with Gasteiger partial charge in [0.05, 0.1) is 0 Å². The van der Waals surface area contributed by atoms with Crippen LogP contribution in [0.25, 0.3) is 0 Å². The van der Waals surface area contributed by atoms with E-state index in [1.165, 1.54) is 127 Å². The summed E-state index contributed by atoms with van der Waals surface area (Å²) in [6.07, 6.45) is 26.5. The zero-order chi connectivity index (χ0) is 28.4. The van der Waals surface area contributed by atoms with Crippen LogP contribution in [0, 0.1) is 17.7 Å². The van der Waals surface area contributed by atoms with Crippen LogP contribution in [0.15, 0.2) is 42.5 Å². The molecular weight excluding hydrogens is 499 g/mol. The average Bonchev–Trinajstić information content (AvgIpc) is 3.02. The van der Waals surface area contributed by atoms with Crippen LogP contribution in [0.3, 0.4) is 0 Å². The second-order valence-electron chi connectivity index (χ2n) is 14.4. The monoisotopic (exact) mass is 558 g/mol. The Morgan fingerprint density at radius 2 is 0.878 bits per heavy atom. The molecule has 41 heavy (non-hydrogen) atoms. The topological polar surface area (TPSA) is 0 Å². The highest BCUT2D eigenvalue weighted by molar-refractivity contribution is 5.32. The third kappa shape index (κ3) is 8.48. The predicted molar refractivity (Wildman–Crippen MR) is 174 cm³/mol. The first-order chi connectivity index (χ1) is 20.1. The smallest absolute Gasteiger partial charge is 0.126 e. The van der Waals surface area contributed by atoms with Crippen molar-refractivity contribution in [2.75, 3.05) is 0 Å². The number of rotatable bonds is 12. The van der Waals surface area contributed by atoms with Gasteiger partial charge >= 0.3 is 0 Å². The second-order valence-corrected chi connectivity index (χ2v) is 14.4. The summed E-state index contributed by atoms with van der Waals surface area (Å²) < 4.78 is 15.4. The van der Waals surface area contributed by atoms with Gasteiger partial charge in [-0.25, -0.2) is 4.39 Å². The summed E-state index contributed by atoms with van der Waals surface area (Å²) in [6, 6.07) is 16.1. The van der Waals surface area contributed by atoms with Gasteiger partial charge < -0.3 is 0 Å². The first-order valence-corrected chi connectivity index (χ1v) is 18.0. The van der Waals surface area contributed by atoms with Crippen LogP contribution in [-0.2, 0) is 0 Å². The number of unbranched alkanes of at least 4 members (excludes halogenated alkanes) is 4. The predicted octanol–water partition coefficient (Wildman–Crippen LogP) is 13.0. The summed E-state index contributed by atoms with van der Waals surface area (Å²) in [5.74, 6) is 4.34. The molecule has 2 aromatic rings. The minimum absolute atomic E-state index is 0.0699. The van der Waals surface area contributed by atoms with Gasteiger partial charge in [0.25, 0.3) is 0 Å². The lowest BCUT2D eigenvalue weighted by atomic mass is 9.74. The molecule has 0 amide bonds. The summed E-state index contributed by atoms with van der Waals surface area (Å²) in [7, 11) is 0. The van der Waals surface area contributed by atoms with Crippen molar-refractivity contribution in [3.8, 4) is 0 Å². The molecule has 0 aliphatic heterocycles. The van der Waals surface area contributed by atoms with Gasteiger partial charge in [0, 0.05) is 0 Å². The van der Waals surface area contributed by atoms with Crippen LogP contribution in [0.5, 0.6) is 0 Å². The highest BCUT2D eigenvalue weighted by Crippen LogP contribution is 2.44. The first-order valence-electron chi connectivity index (χ1n) is 18.0. The van der Waals surface area contributed by atoms with Crippen molar-refractivity contribution in [3.63, 3.8) is 0 Å². The third-order valence-electron chi connectivity index (χ3n) is 11.7. The minimum Gasteiger partial charge on any atom is -0.207 e. The summed E-state index contributed by atoms with van der Waals surface area (Å²) >= 11 is 0. The van der Waals surface area contributed by atoms with Crippen LogP contribution in [0.4, 0.5) is 4.39 Å². The van der Waals surface area contributed by atoms with Crippen molar-refractivity contribution < 1.29 is 4.39 Å². The zero-order valence-corrected chi connectivity index (χ0v) is 26.5. The van der Waals surface area contributed by atoms with E-state index in [1.807, 2.05) is 6.07 Å². The molecular formula is C40H59F. The number of halogens is 1. The number of hydrogen-bond donors (Lipinski definition) is 0.